The van der Waals surface area contributed by atoms with Gasteiger partial charge in [-0.05, 0) is 11.8 Å². The Hall–Kier alpha value is -2.03. The van der Waals surface area contributed by atoms with Gasteiger partial charge in [-0.15, -0.1) is 0 Å². The van der Waals surface area contributed by atoms with E-state index in [0.29, 0.717) is 6.54 Å². The van der Waals surface area contributed by atoms with Crippen LogP contribution in [0.1, 0.15) is 19.3 Å². The topological polar surface area (TPSA) is 125 Å². The smallest absolute Gasteiger partial charge is 0.326 e. The number of aliphatic carboxylic acids is 1. The van der Waals surface area contributed by atoms with Crippen molar-refractivity contribution in [3.05, 3.63) is 11.1 Å². The number of nitrogens with one attached hydrogen (secondary N) is 1. The molecule has 0 bridgehead atoms. The van der Waals surface area contributed by atoms with Crippen LogP contribution in [0.15, 0.2) is 16.1 Å². The zero-order valence-corrected chi connectivity index (χ0v) is 12.1. The number of nitrogens with zero attached hydrogens (tertiary/aromatic N) is 2. The number of amides is 2. The second kappa shape index (κ2) is 6.61. The molecule has 0 aromatic rings. The first-order valence-corrected chi connectivity index (χ1v) is 7.33. The first kappa shape index (κ1) is 15.4. The summed E-state index contributed by atoms with van der Waals surface area (Å²) in [6, 6.07) is -1.11. The normalized spacial score (nSPS) is 17.8. The second-order valence-corrected chi connectivity index (χ2v) is 5.52. The van der Waals surface area contributed by atoms with Gasteiger partial charge in [-0.1, -0.05) is 11.8 Å². The van der Waals surface area contributed by atoms with Crippen molar-refractivity contribution in [3.8, 4) is 0 Å². The number of hydrogen-bond donors (Lipinski definition) is 3. The molecule has 0 spiro atoms. The number of carboxylic acids is 1. The lowest BCUT2D eigenvalue weighted by molar-refractivity contribution is -0.142. The van der Waals surface area contributed by atoms with E-state index >= 15 is 0 Å². The highest BCUT2D eigenvalue weighted by molar-refractivity contribution is 8.16. The van der Waals surface area contributed by atoms with Crippen molar-refractivity contribution in [2.24, 2.45) is 10.7 Å². The molecule has 0 saturated heterocycles. The lowest BCUT2D eigenvalue weighted by atomic mass is 10.1. The Morgan fingerprint density at radius 1 is 1.52 bits per heavy atom. The third-order valence-electron chi connectivity index (χ3n) is 3.10. The maximum atomic E-state index is 11.9. The first-order chi connectivity index (χ1) is 9.97. The zero-order valence-electron chi connectivity index (χ0n) is 11.2. The lowest BCUT2D eigenvalue weighted by Crippen LogP contribution is -2.42. The van der Waals surface area contributed by atoms with Crippen LogP contribution in [0.3, 0.4) is 0 Å². The molecule has 0 fully saturated rings. The van der Waals surface area contributed by atoms with Gasteiger partial charge in [-0.2, -0.15) is 0 Å². The third-order valence-corrected chi connectivity index (χ3v) is 4.05. The number of amidine groups is 1. The van der Waals surface area contributed by atoms with E-state index < -0.39 is 23.8 Å². The number of carbonyl (C=O) groups is 3. The summed E-state index contributed by atoms with van der Waals surface area (Å²) < 4.78 is 0. The van der Waals surface area contributed by atoms with Crippen molar-refractivity contribution < 1.29 is 19.5 Å². The molecular weight excluding hydrogens is 296 g/mol. The molecule has 2 aliphatic heterocycles. The molecule has 0 aromatic carbocycles. The average Bonchev–Trinajstić information content (AvgIpc) is 2.99. The summed E-state index contributed by atoms with van der Waals surface area (Å²) in [6.45, 7) is 1.45. The van der Waals surface area contributed by atoms with E-state index in [2.05, 4.69) is 10.3 Å². The summed E-state index contributed by atoms with van der Waals surface area (Å²) in [5, 5.41) is 14.2. The third kappa shape index (κ3) is 3.97. The Kier molecular flexibility index (Phi) is 4.84. The maximum Gasteiger partial charge on any atom is 0.326 e. The van der Waals surface area contributed by atoms with Crippen molar-refractivity contribution in [1.82, 2.24) is 10.2 Å². The van der Waals surface area contributed by atoms with Crippen molar-refractivity contribution in [2.75, 3.05) is 13.1 Å². The number of thioether (sulfide) groups is 1. The molecule has 0 aliphatic carbocycles. The van der Waals surface area contributed by atoms with Crippen LogP contribution in [0.2, 0.25) is 0 Å². The molecule has 2 amide bonds. The van der Waals surface area contributed by atoms with Crippen LogP contribution in [0.25, 0.3) is 0 Å². The Balaban J connectivity index is 1.86. The van der Waals surface area contributed by atoms with Gasteiger partial charge in [0.1, 0.15) is 6.04 Å². The van der Waals surface area contributed by atoms with E-state index in [4.69, 9.17) is 10.8 Å². The van der Waals surface area contributed by atoms with Gasteiger partial charge in [0.2, 0.25) is 11.8 Å². The van der Waals surface area contributed by atoms with E-state index in [1.807, 2.05) is 10.3 Å². The molecule has 21 heavy (non-hydrogen) atoms. The highest BCUT2D eigenvalue weighted by atomic mass is 32.2. The number of aliphatic imine (C=N–C) groups is 1. The van der Waals surface area contributed by atoms with E-state index in [9.17, 15) is 14.4 Å². The molecule has 1 atom stereocenters. The van der Waals surface area contributed by atoms with Gasteiger partial charge in [-0.3, -0.25) is 14.6 Å². The van der Waals surface area contributed by atoms with Crippen LogP contribution in [0.5, 0.6) is 0 Å². The highest BCUT2D eigenvalue weighted by Crippen LogP contribution is 2.30. The number of carboxylic acid groups (broad SMARTS) is 1. The Morgan fingerprint density at radius 2 is 2.29 bits per heavy atom. The van der Waals surface area contributed by atoms with Crippen LogP contribution in [-0.4, -0.2) is 52.1 Å². The van der Waals surface area contributed by atoms with Crippen LogP contribution >= 0.6 is 11.8 Å². The van der Waals surface area contributed by atoms with Crippen molar-refractivity contribution in [1.29, 1.82) is 0 Å². The second-order valence-electron chi connectivity index (χ2n) is 4.68. The molecule has 2 heterocycles. The molecule has 0 saturated carbocycles. The largest absolute Gasteiger partial charge is 0.480 e. The number of primary amides is 1. The molecule has 2 aliphatic rings. The van der Waals surface area contributed by atoms with E-state index in [1.54, 1.807) is 0 Å². The molecule has 4 N–H and O–H groups in total. The summed E-state index contributed by atoms with van der Waals surface area (Å²) in [4.78, 5) is 39.9. The zero-order chi connectivity index (χ0) is 15.4. The lowest BCUT2D eigenvalue weighted by Gasteiger charge is -2.18. The van der Waals surface area contributed by atoms with Gasteiger partial charge >= 0.3 is 5.97 Å². The van der Waals surface area contributed by atoms with Crippen LogP contribution in [0, 0.1) is 0 Å². The minimum absolute atomic E-state index is 0.0133. The van der Waals surface area contributed by atoms with Crippen LogP contribution in [0.4, 0.5) is 0 Å². The summed E-state index contributed by atoms with van der Waals surface area (Å²) in [5.41, 5.74) is 5.80. The maximum absolute atomic E-state index is 11.9. The number of carbonyl (C=O) groups excluding carboxylic acids is 2. The monoisotopic (exact) mass is 312 g/mol. The molecular formula is C12H16N4O4S. The Labute approximate surface area is 125 Å². The average molecular weight is 312 g/mol. The molecule has 2 rings (SSSR count). The quantitative estimate of drug-likeness (QED) is 0.580. The van der Waals surface area contributed by atoms with Gasteiger partial charge < -0.3 is 21.1 Å². The predicted octanol–water partition coefficient (Wildman–Crippen LogP) is -0.529. The molecule has 0 radical (unpaired) electrons. The fraction of sp³-hybridized carbons (Fsp3) is 0.500. The van der Waals surface area contributed by atoms with Crippen molar-refractivity contribution in [2.45, 2.75) is 25.3 Å². The first-order valence-electron chi connectivity index (χ1n) is 6.45. The van der Waals surface area contributed by atoms with E-state index in [-0.39, 0.29) is 19.3 Å². The van der Waals surface area contributed by atoms with Gasteiger partial charge in [0.25, 0.3) is 0 Å². The highest BCUT2D eigenvalue weighted by Gasteiger charge is 2.28. The van der Waals surface area contributed by atoms with Gasteiger partial charge in [-0.25, -0.2) is 4.79 Å². The summed E-state index contributed by atoms with van der Waals surface area (Å²) >= 11 is 1.46. The standard InChI is InChI=1S/C12H16N4O4S/c13-9(17)2-1-8(11(19)20)15-10(18)5-7-6-21-12-14-3-4-16(7)12/h6,8H,1-5H2,(H2,13,17)(H,15,18)(H,19,20). The molecule has 1 unspecified atom stereocenters. The molecule has 114 valence electrons. The number of rotatable bonds is 7. The minimum atomic E-state index is -1.18. The molecule has 9 heteroatoms. The number of nitrogens with two attached hydrogens (primary N) is 1. The van der Waals surface area contributed by atoms with Gasteiger partial charge in [0, 0.05) is 18.7 Å². The number of hydrogen-bond acceptors (Lipinski definition) is 6. The van der Waals surface area contributed by atoms with Crippen LogP contribution in [-0.2, 0) is 14.4 Å². The molecule has 8 nitrogen and oxygen atoms in total. The fourth-order valence-corrected chi connectivity index (χ4v) is 3.02. The summed E-state index contributed by atoms with van der Waals surface area (Å²) in [6.07, 6.45) is -0.00821. The van der Waals surface area contributed by atoms with E-state index in [0.717, 1.165) is 17.4 Å². The summed E-state index contributed by atoms with van der Waals surface area (Å²) in [7, 11) is 0. The van der Waals surface area contributed by atoms with Crippen molar-refractivity contribution >= 4 is 34.7 Å². The number of fused-ring (bicyclic) bond motifs is 1. The predicted molar refractivity (Wildman–Crippen MR) is 77.3 cm³/mol. The van der Waals surface area contributed by atoms with Crippen LogP contribution < -0.4 is 11.1 Å². The van der Waals surface area contributed by atoms with Crippen molar-refractivity contribution in [3.63, 3.8) is 0 Å². The Bertz CT molecular complexity index is 531. The SMILES string of the molecule is NC(=O)CCC(NC(=O)CC1=CSC2=NCCN12)C(=O)O. The fourth-order valence-electron chi connectivity index (χ4n) is 2.07. The minimum Gasteiger partial charge on any atom is -0.480 e. The van der Waals surface area contributed by atoms with Gasteiger partial charge in [0.05, 0.1) is 13.0 Å². The summed E-state index contributed by atoms with van der Waals surface area (Å²) in [5.74, 6) is -2.17. The molecule has 0 aromatic heterocycles. The van der Waals surface area contributed by atoms with E-state index in [1.165, 1.54) is 11.8 Å². The van der Waals surface area contributed by atoms with Gasteiger partial charge in [0.15, 0.2) is 5.17 Å². The Morgan fingerprint density at radius 3 is 2.95 bits per heavy atom.